The SMILES string of the molecule is Cc1cc(-c2ncc(C3CCCC3)c3cc(C4CCCC4)ccc23)c2oc3ccccc3c2c1. The van der Waals surface area contributed by atoms with Crippen LogP contribution in [-0.2, 0) is 0 Å². The molecule has 0 aliphatic heterocycles. The fraction of sp³-hybridized carbons (Fsp3) is 0.344. The van der Waals surface area contributed by atoms with Crippen LogP contribution in [0.3, 0.4) is 0 Å². The molecular formula is C32H31NO. The molecule has 0 atom stereocenters. The van der Waals surface area contributed by atoms with E-state index in [0.717, 1.165) is 28.3 Å². The molecule has 7 rings (SSSR count). The molecule has 0 unspecified atom stereocenters. The lowest BCUT2D eigenvalue weighted by Crippen LogP contribution is -2.00. The summed E-state index contributed by atoms with van der Waals surface area (Å²) < 4.78 is 6.44. The number of pyridine rings is 1. The minimum Gasteiger partial charge on any atom is -0.455 e. The summed E-state index contributed by atoms with van der Waals surface area (Å²) in [5.74, 6) is 1.37. The lowest BCUT2D eigenvalue weighted by molar-refractivity contribution is 0.669. The van der Waals surface area contributed by atoms with Crippen LogP contribution >= 0.6 is 0 Å². The Hall–Kier alpha value is -3.13. The lowest BCUT2D eigenvalue weighted by Gasteiger charge is -2.18. The van der Waals surface area contributed by atoms with Crippen molar-refractivity contribution in [1.29, 1.82) is 0 Å². The Labute approximate surface area is 201 Å². The van der Waals surface area contributed by atoms with Gasteiger partial charge in [-0.05, 0) is 84.7 Å². The Bertz CT molecular complexity index is 1530. The predicted octanol–water partition coefficient (Wildman–Crippen LogP) is 9.42. The Kier molecular flexibility index (Phi) is 4.75. The third-order valence-corrected chi connectivity index (χ3v) is 8.44. The Morgan fingerprint density at radius 1 is 0.735 bits per heavy atom. The molecule has 2 aromatic heterocycles. The summed E-state index contributed by atoms with van der Waals surface area (Å²) in [4.78, 5) is 5.15. The van der Waals surface area contributed by atoms with E-state index in [4.69, 9.17) is 9.40 Å². The normalized spacial score (nSPS) is 17.6. The van der Waals surface area contributed by atoms with Crippen LogP contribution < -0.4 is 0 Å². The smallest absolute Gasteiger partial charge is 0.144 e. The van der Waals surface area contributed by atoms with Gasteiger partial charge in [0.05, 0.1) is 5.69 Å². The Balaban J connectivity index is 1.49. The number of fused-ring (bicyclic) bond motifs is 4. The summed E-state index contributed by atoms with van der Waals surface area (Å²) in [6.07, 6.45) is 12.9. The molecule has 2 heteroatoms. The summed E-state index contributed by atoms with van der Waals surface area (Å²) in [7, 11) is 0. The van der Waals surface area contributed by atoms with Crippen LogP contribution in [0.2, 0.25) is 0 Å². The third-order valence-electron chi connectivity index (χ3n) is 8.44. The Morgan fingerprint density at radius 3 is 2.32 bits per heavy atom. The van der Waals surface area contributed by atoms with Crippen LogP contribution in [0.5, 0.6) is 0 Å². The van der Waals surface area contributed by atoms with E-state index in [2.05, 4.69) is 61.7 Å². The van der Waals surface area contributed by atoms with Crippen LogP contribution in [0, 0.1) is 6.92 Å². The topological polar surface area (TPSA) is 26.0 Å². The summed E-state index contributed by atoms with van der Waals surface area (Å²) in [6.45, 7) is 2.18. The molecule has 2 aliphatic rings. The molecule has 0 saturated heterocycles. The lowest BCUT2D eigenvalue weighted by atomic mass is 9.88. The van der Waals surface area contributed by atoms with Gasteiger partial charge in [0, 0.05) is 27.9 Å². The molecule has 170 valence electrons. The number of aromatic nitrogens is 1. The van der Waals surface area contributed by atoms with Crippen molar-refractivity contribution < 1.29 is 4.42 Å². The minimum atomic E-state index is 0.645. The summed E-state index contributed by atoms with van der Waals surface area (Å²) in [6, 6.07) is 20.1. The highest BCUT2D eigenvalue weighted by Crippen LogP contribution is 2.44. The van der Waals surface area contributed by atoms with Gasteiger partial charge in [0.25, 0.3) is 0 Å². The molecular weight excluding hydrogens is 414 g/mol. The molecule has 0 spiro atoms. The number of rotatable bonds is 3. The fourth-order valence-electron chi connectivity index (χ4n) is 6.72. The first-order valence-electron chi connectivity index (χ1n) is 13.1. The van der Waals surface area contributed by atoms with Crippen LogP contribution in [0.25, 0.3) is 44.0 Å². The first-order valence-corrected chi connectivity index (χ1v) is 13.1. The van der Waals surface area contributed by atoms with Crippen molar-refractivity contribution in [3.05, 3.63) is 77.5 Å². The van der Waals surface area contributed by atoms with Gasteiger partial charge in [-0.3, -0.25) is 4.98 Å². The van der Waals surface area contributed by atoms with E-state index in [1.165, 1.54) is 89.6 Å². The average molecular weight is 446 g/mol. The first-order chi connectivity index (χ1) is 16.8. The molecule has 2 heterocycles. The summed E-state index contributed by atoms with van der Waals surface area (Å²) >= 11 is 0. The average Bonchev–Trinajstić information content (AvgIpc) is 3.64. The van der Waals surface area contributed by atoms with Crippen LogP contribution in [0.1, 0.15) is 79.9 Å². The number of hydrogen-bond acceptors (Lipinski definition) is 2. The highest BCUT2D eigenvalue weighted by Gasteiger charge is 2.24. The standard InChI is InChI=1S/C32H31NO/c1-20-16-27-24-12-6-7-13-30(24)34-32(27)28(17-20)31-25-15-14-23(21-8-2-3-9-21)18-26(25)29(19-33-31)22-10-4-5-11-22/h6-7,12-19,21-22H,2-5,8-11H2,1H3. The van der Waals surface area contributed by atoms with Gasteiger partial charge in [-0.15, -0.1) is 0 Å². The van der Waals surface area contributed by atoms with E-state index >= 15 is 0 Å². The van der Waals surface area contributed by atoms with Crippen molar-refractivity contribution in [2.45, 2.75) is 70.1 Å². The molecule has 5 aromatic rings. The van der Waals surface area contributed by atoms with E-state index < -0.39 is 0 Å². The molecule has 0 N–H and O–H groups in total. The predicted molar refractivity (Wildman–Crippen MR) is 142 cm³/mol. The number of benzene rings is 3. The van der Waals surface area contributed by atoms with Gasteiger partial charge < -0.3 is 4.42 Å². The zero-order chi connectivity index (χ0) is 22.6. The summed E-state index contributed by atoms with van der Waals surface area (Å²) in [5, 5.41) is 5.06. The van der Waals surface area contributed by atoms with Crippen molar-refractivity contribution in [3.63, 3.8) is 0 Å². The van der Waals surface area contributed by atoms with E-state index in [-0.39, 0.29) is 0 Å². The maximum Gasteiger partial charge on any atom is 0.144 e. The van der Waals surface area contributed by atoms with Gasteiger partial charge in [-0.1, -0.05) is 62.1 Å². The van der Waals surface area contributed by atoms with Crippen molar-refractivity contribution in [3.8, 4) is 11.3 Å². The largest absolute Gasteiger partial charge is 0.455 e. The maximum atomic E-state index is 6.44. The van der Waals surface area contributed by atoms with E-state index in [9.17, 15) is 0 Å². The fourth-order valence-corrected chi connectivity index (χ4v) is 6.72. The minimum absolute atomic E-state index is 0.645. The molecule has 0 radical (unpaired) electrons. The van der Waals surface area contributed by atoms with E-state index in [0.29, 0.717) is 5.92 Å². The van der Waals surface area contributed by atoms with Gasteiger partial charge in [0.2, 0.25) is 0 Å². The van der Waals surface area contributed by atoms with Gasteiger partial charge in [-0.2, -0.15) is 0 Å². The molecule has 3 aromatic carbocycles. The van der Waals surface area contributed by atoms with Crippen molar-refractivity contribution in [1.82, 2.24) is 4.98 Å². The van der Waals surface area contributed by atoms with Crippen molar-refractivity contribution in [2.75, 3.05) is 0 Å². The molecule has 2 saturated carbocycles. The van der Waals surface area contributed by atoms with Crippen LogP contribution in [-0.4, -0.2) is 4.98 Å². The molecule has 2 nitrogen and oxygen atoms in total. The van der Waals surface area contributed by atoms with Crippen molar-refractivity contribution in [2.24, 2.45) is 0 Å². The zero-order valence-corrected chi connectivity index (χ0v) is 19.9. The Morgan fingerprint density at radius 2 is 1.50 bits per heavy atom. The second kappa shape index (κ2) is 7.98. The van der Waals surface area contributed by atoms with Crippen LogP contribution in [0.15, 0.2) is 65.2 Å². The second-order valence-electron chi connectivity index (χ2n) is 10.6. The second-order valence-corrected chi connectivity index (χ2v) is 10.6. The third kappa shape index (κ3) is 3.19. The highest BCUT2D eigenvalue weighted by molar-refractivity contribution is 6.12. The van der Waals surface area contributed by atoms with Gasteiger partial charge >= 0.3 is 0 Å². The van der Waals surface area contributed by atoms with Crippen molar-refractivity contribution >= 4 is 32.7 Å². The van der Waals surface area contributed by atoms with E-state index in [1.807, 2.05) is 6.07 Å². The highest BCUT2D eigenvalue weighted by atomic mass is 16.3. The molecule has 0 bridgehead atoms. The number of nitrogens with zero attached hydrogens (tertiary/aromatic N) is 1. The number of para-hydroxylation sites is 1. The molecule has 2 fully saturated rings. The number of hydrogen-bond donors (Lipinski definition) is 0. The maximum absolute atomic E-state index is 6.44. The molecule has 2 aliphatic carbocycles. The number of furan rings is 1. The summed E-state index contributed by atoms with van der Waals surface area (Å²) in [5.41, 5.74) is 8.30. The van der Waals surface area contributed by atoms with Gasteiger partial charge in [0.1, 0.15) is 11.2 Å². The van der Waals surface area contributed by atoms with Gasteiger partial charge in [-0.25, -0.2) is 0 Å². The number of aryl methyl sites for hydroxylation is 1. The molecule has 34 heavy (non-hydrogen) atoms. The van der Waals surface area contributed by atoms with E-state index in [1.54, 1.807) is 0 Å². The van der Waals surface area contributed by atoms with Crippen LogP contribution in [0.4, 0.5) is 0 Å². The van der Waals surface area contributed by atoms with Gasteiger partial charge in [0.15, 0.2) is 0 Å². The monoisotopic (exact) mass is 445 g/mol. The quantitative estimate of drug-likeness (QED) is 0.276. The first kappa shape index (κ1) is 20.3. The molecule has 0 amide bonds. The zero-order valence-electron chi connectivity index (χ0n) is 19.9.